The van der Waals surface area contributed by atoms with Gasteiger partial charge in [0.05, 0.1) is 5.69 Å². The van der Waals surface area contributed by atoms with Gasteiger partial charge in [-0.25, -0.2) is 4.98 Å². The van der Waals surface area contributed by atoms with Gasteiger partial charge in [0, 0.05) is 30.3 Å². The van der Waals surface area contributed by atoms with Gasteiger partial charge in [0.15, 0.2) is 5.82 Å². The molecule has 6 heteroatoms. The van der Waals surface area contributed by atoms with Gasteiger partial charge in [-0.15, -0.1) is 6.58 Å². The summed E-state index contributed by atoms with van der Waals surface area (Å²) in [5.74, 6) is 1.13. The Morgan fingerprint density at radius 1 is 1.17 bits per heavy atom. The molecule has 4 rings (SSSR count). The summed E-state index contributed by atoms with van der Waals surface area (Å²) in [6.07, 6.45) is 6.00. The van der Waals surface area contributed by atoms with Crippen LogP contribution in [-0.2, 0) is 13.0 Å². The van der Waals surface area contributed by atoms with Crippen molar-refractivity contribution in [2.75, 3.05) is 13.1 Å². The minimum atomic E-state index is -0.146. The van der Waals surface area contributed by atoms with Crippen LogP contribution in [0.5, 0.6) is 5.75 Å². The number of aromatic nitrogens is 3. The SMILES string of the molecule is C=CCc1cccc(CN2CCC(c3cc(=O)[nH]c(-c4ccccn4)n3)CC2)c1O. The molecule has 0 radical (unpaired) electrons. The maximum absolute atomic E-state index is 12.2. The molecule has 3 heterocycles. The molecule has 154 valence electrons. The summed E-state index contributed by atoms with van der Waals surface area (Å²) in [6.45, 7) is 6.25. The van der Waals surface area contributed by atoms with E-state index in [1.807, 2.05) is 36.4 Å². The smallest absolute Gasteiger partial charge is 0.251 e. The van der Waals surface area contributed by atoms with Gasteiger partial charge < -0.3 is 10.1 Å². The van der Waals surface area contributed by atoms with Crippen LogP contribution in [0.15, 0.2) is 66.1 Å². The van der Waals surface area contributed by atoms with Gasteiger partial charge in [-0.2, -0.15) is 0 Å². The van der Waals surface area contributed by atoms with Crippen molar-refractivity contribution < 1.29 is 5.11 Å². The summed E-state index contributed by atoms with van der Waals surface area (Å²) in [5, 5.41) is 10.5. The molecule has 0 unspecified atom stereocenters. The van der Waals surface area contributed by atoms with E-state index in [2.05, 4.69) is 21.4 Å². The van der Waals surface area contributed by atoms with Crippen molar-refractivity contribution in [3.8, 4) is 17.3 Å². The minimum Gasteiger partial charge on any atom is -0.507 e. The topological polar surface area (TPSA) is 82.1 Å². The molecule has 0 atom stereocenters. The number of pyridine rings is 1. The van der Waals surface area contributed by atoms with Crippen LogP contribution in [0.4, 0.5) is 0 Å². The molecule has 0 amide bonds. The van der Waals surface area contributed by atoms with E-state index in [0.717, 1.165) is 42.8 Å². The molecule has 1 aliphatic rings. The fraction of sp³-hybridized carbons (Fsp3) is 0.292. The maximum atomic E-state index is 12.2. The summed E-state index contributed by atoms with van der Waals surface area (Å²) in [4.78, 5) is 26.3. The zero-order chi connectivity index (χ0) is 20.9. The van der Waals surface area contributed by atoms with Crippen LogP contribution in [0, 0.1) is 0 Å². The predicted molar refractivity (Wildman–Crippen MR) is 117 cm³/mol. The van der Waals surface area contributed by atoms with E-state index in [0.29, 0.717) is 30.2 Å². The Kier molecular flexibility index (Phi) is 6.05. The number of nitrogens with zero attached hydrogens (tertiary/aromatic N) is 3. The molecule has 0 spiro atoms. The van der Waals surface area contributed by atoms with E-state index in [-0.39, 0.29) is 11.5 Å². The molecule has 30 heavy (non-hydrogen) atoms. The summed E-state index contributed by atoms with van der Waals surface area (Å²) in [6, 6.07) is 13.1. The Balaban J connectivity index is 1.44. The first-order chi connectivity index (χ1) is 14.6. The zero-order valence-corrected chi connectivity index (χ0v) is 16.9. The lowest BCUT2D eigenvalue weighted by Crippen LogP contribution is -2.33. The second-order valence-corrected chi connectivity index (χ2v) is 7.70. The summed E-state index contributed by atoms with van der Waals surface area (Å²) in [7, 11) is 0. The number of H-pyrrole nitrogens is 1. The number of para-hydroxylation sites is 1. The first-order valence-corrected chi connectivity index (χ1v) is 10.3. The number of phenolic OH excluding ortho intramolecular Hbond substituents is 1. The lowest BCUT2D eigenvalue weighted by Gasteiger charge is -2.32. The minimum absolute atomic E-state index is 0.146. The van der Waals surface area contributed by atoms with E-state index in [1.165, 1.54) is 0 Å². The highest BCUT2D eigenvalue weighted by atomic mass is 16.3. The fourth-order valence-electron chi connectivity index (χ4n) is 4.03. The van der Waals surface area contributed by atoms with Crippen LogP contribution in [0.2, 0.25) is 0 Å². The number of likely N-dealkylation sites (tertiary alicyclic amines) is 1. The van der Waals surface area contributed by atoms with Crippen LogP contribution in [-0.4, -0.2) is 38.0 Å². The van der Waals surface area contributed by atoms with Gasteiger partial charge in [0.1, 0.15) is 11.4 Å². The quantitative estimate of drug-likeness (QED) is 0.615. The van der Waals surface area contributed by atoms with E-state index in [4.69, 9.17) is 4.98 Å². The predicted octanol–water partition coefficient (Wildman–Crippen LogP) is 3.65. The first kappa shape index (κ1) is 20.0. The van der Waals surface area contributed by atoms with Gasteiger partial charge in [-0.3, -0.25) is 14.7 Å². The molecule has 1 fully saturated rings. The molecule has 2 aromatic heterocycles. The van der Waals surface area contributed by atoms with E-state index < -0.39 is 0 Å². The number of benzene rings is 1. The largest absolute Gasteiger partial charge is 0.507 e. The van der Waals surface area contributed by atoms with E-state index in [1.54, 1.807) is 18.3 Å². The summed E-state index contributed by atoms with van der Waals surface area (Å²) < 4.78 is 0. The Labute approximate surface area is 176 Å². The number of aromatic amines is 1. The Hall–Kier alpha value is -3.25. The lowest BCUT2D eigenvalue weighted by atomic mass is 9.92. The van der Waals surface area contributed by atoms with Crippen molar-refractivity contribution in [2.24, 2.45) is 0 Å². The van der Waals surface area contributed by atoms with Gasteiger partial charge in [0.25, 0.3) is 5.56 Å². The standard InChI is InChI=1S/C24H26N4O2/c1-2-6-18-7-5-8-19(23(18)30)16-28-13-10-17(11-14-28)21-15-22(29)27-24(26-21)20-9-3-4-12-25-20/h2-5,7-9,12,15,17,30H,1,6,10-11,13-14,16H2,(H,26,27,29). The molecule has 2 N–H and O–H groups in total. The van der Waals surface area contributed by atoms with Crippen LogP contribution in [0.1, 0.15) is 35.6 Å². The van der Waals surface area contributed by atoms with Gasteiger partial charge in [-0.1, -0.05) is 30.3 Å². The number of rotatable bonds is 6. The highest BCUT2D eigenvalue weighted by molar-refractivity contribution is 5.48. The monoisotopic (exact) mass is 402 g/mol. The summed E-state index contributed by atoms with van der Waals surface area (Å²) in [5.41, 5.74) is 3.21. The molecule has 0 saturated carbocycles. The molecular weight excluding hydrogens is 376 g/mol. The Morgan fingerprint density at radius 2 is 1.97 bits per heavy atom. The first-order valence-electron chi connectivity index (χ1n) is 10.3. The molecule has 0 bridgehead atoms. The van der Waals surface area contributed by atoms with Crippen molar-refractivity contribution in [3.05, 3.63) is 88.5 Å². The van der Waals surface area contributed by atoms with Crippen LogP contribution >= 0.6 is 0 Å². The second kappa shape index (κ2) is 9.05. The zero-order valence-electron chi connectivity index (χ0n) is 16.9. The molecule has 1 aromatic carbocycles. The average molecular weight is 402 g/mol. The van der Waals surface area contributed by atoms with Crippen molar-refractivity contribution in [3.63, 3.8) is 0 Å². The third kappa shape index (κ3) is 4.49. The highest BCUT2D eigenvalue weighted by Gasteiger charge is 2.23. The number of allylic oxidation sites excluding steroid dienone is 1. The Morgan fingerprint density at radius 3 is 2.70 bits per heavy atom. The molecule has 3 aromatic rings. The molecule has 1 saturated heterocycles. The molecule has 6 nitrogen and oxygen atoms in total. The van der Waals surface area contributed by atoms with Crippen molar-refractivity contribution in [2.45, 2.75) is 31.7 Å². The van der Waals surface area contributed by atoms with Crippen LogP contribution in [0.3, 0.4) is 0 Å². The number of nitrogens with one attached hydrogen (secondary N) is 1. The molecule has 1 aliphatic heterocycles. The van der Waals surface area contributed by atoms with Crippen molar-refractivity contribution in [1.29, 1.82) is 0 Å². The van der Waals surface area contributed by atoms with E-state index >= 15 is 0 Å². The second-order valence-electron chi connectivity index (χ2n) is 7.70. The van der Waals surface area contributed by atoms with Crippen LogP contribution < -0.4 is 5.56 Å². The Bertz CT molecular complexity index is 1070. The third-order valence-electron chi connectivity index (χ3n) is 5.64. The number of hydrogen-bond acceptors (Lipinski definition) is 5. The van der Waals surface area contributed by atoms with E-state index in [9.17, 15) is 9.90 Å². The fourth-order valence-corrected chi connectivity index (χ4v) is 4.03. The number of hydrogen-bond donors (Lipinski definition) is 2. The maximum Gasteiger partial charge on any atom is 0.251 e. The van der Waals surface area contributed by atoms with Gasteiger partial charge in [0.2, 0.25) is 0 Å². The highest BCUT2D eigenvalue weighted by Crippen LogP contribution is 2.30. The third-order valence-corrected chi connectivity index (χ3v) is 5.64. The van der Waals surface area contributed by atoms with Crippen molar-refractivity contribution in [1.82, 2.24) is 19.9 Å². The van der Waals surface area contributed by atoms with Gasteiger partial charge >= 0.3 is 0 Å². The molecule has 0 aliphatic carbocycles. The average Bonchev–Trinajstić information content (AvgIpc) is 2.77. The lowest BCUT2D eigenvalue weighted by molar-refractivity contribution is 0.201. The molecular formula is C24H26N4O2. The normalized spacial score (nSPS) is 15.2. The number of phenols is 1. The van der Waals surface area contributed by atoms with Crippen LogP contribution in [0.25, 0.3) is 11.5 Å². The number of piperidine rings is 1. The summed E-state index contributed by atoms with van der Waals surface area (Å²) >= 11 is 0. The van der Waals surface area contributed by atoms with Crippen molar-refractivity contribution >= 4 is 0 Å². The number of aromatic hydroxyl groups is 1. The van der Waals surface area contributed by atoms with Gasteiger partial charge in [-0.05, 0) is 50.0 Å².